The largest absolute Gasteiger partial charge is 0.471 e. The summed E-state index contributed by atoms with van der Waals surface area (Å²) in [6.07, 6.45) is 6.44. The highest BCUT2D eigenvalue weighted by Crippen LogP contribution is 2.25. The second-order valence-electron chi connectivity index (χ2n) is 5.73. The van der Waals surface area contributed by atoms with Gasteiger partial charge in [0.2, 0.25) is 11.8 Å². The molecule has 1 aliphatic heterocycles. The Morgan fingerprint density at radius 3 is 2.87 bits per heavy atom. The fourth-order valence-corrected chi connectivity index (χ4v) is 3.00. The lowest BCUT2D eigenvalue weighted by molar-refractivity contribution is -0.132. The molecule has 2 heterocycles. The van der Waals surface area contributed by atoms with E-state index in [9.17, 15) is 4.79 Å². The van der Waals surface area contributed by atoms with Gasteiger partial charge < -0.3 is 9.64 Å². The summed E-state index contributed by atoms with van der Waals surface area (Å²) in [6, 6.07) is 9.98. The molecule has 0 saturated carbocycles. The van der Waals surface area contributed by atoms with Gasteiger partial charge in [0.15, 0.2) is 0 Å². The van der Waals surface area contributed by atoms with Gasteiger partial charge in [0.1, 0.15) is 6.10 Å². The Kier molecular flexibility index (Phi) is 4.86. The van der Waals surface area contributed by atoms with Crippen molar-refractivity contribution in [1.29, 1.82) is 0 Å². The molecular formula is C18H21N3O2. The second kappa shape index (κ2) is 7.22. The maximum absolute atomic E-state index is 12.8. The van der Waals surface area contributed by atoms with Crippen LogP contribution in [0.25, 0.3) is 0 Å². The molecule has 0 N–H and O–H groups in total. The summed E-state index contributed by atoms with van der Waals surface area (Å²) in [5, 5.41) is 0. The van der Waals surface area contributed by atoms with E-state index in [-0.39, 0.29) is 17.9 Å². The first-order valence-electron chi connectivity index (χ1n) is 8.04. The average Bonchev–Trinajstić information content (AvgIpc) is 3.06. The zero-order valence-corrected chi connectivity index (χ0v) is 13.3. The molecule has 0 bridgehead atoms. The molecule has 0 aliphatic carbocycles. The smallest absolute Gasteiger partial charge is 0.232 e. The number of nitrogens with zero attached hydrogens (tertiary/aromatic N) is 3. The topological polar surface area (TPSA) is 55.3 Å². The van der Waals surface area contributed by atoms with E-state index < -0.39 is 0 Å². The number of carbonyl (C=O) groups is 1. The second-order valence-corrected chi connectivity index (χ2v) is 5.73. The number of rotatable bonds is 5. The van der Waals surface area contributed by atoms with E-state index in [1.165, 1.54) is 0 Å². The molecule has 1 aromatic carbocycles. The first kappa shape index (κ1) is 15.5. The summed E-state index contributed by atoms with van der Waals surface area (Å²) in [5.74, 6) is 0.623. The van der Waals surface area contributed by atoms with Gasteiger partial charge in [-0.05, 0) is 12.0 Å². The first-order chi connectivity index (χ1) is 11.3. The maximum atomic E-state index is 12.8. The van der Waals surface area contributed by atoms with Gasteiger partial charge in [-0.15, -0.1) is 0 Å². The Bertz CT molecular complexity index is 633. The van der Waals surface area contributed by atoms with E-state index in [2.05, 4.69) is 16.9 Å². The Hall–Kier alpha value is -2.43. The molecule has 2 unspecified atom stereocenters. The minimum atomic E-state index is -0.0773. The molecule has 5 nitrogen and oxygen atoms in total. The van der Waals surface area contributed by atoms with Gasteiger partial charge in [-0.1, -0.05) is 37.3 Å². The monoisotopic (exact) mass is 311 g/mol. The molecule has 1 saturated heterocycles. The van der Waals surface area contributed by atoms with Crippen molar-refractivity contribution in [2.45, 2.75) is 31.8 Å². The van der Waals surface area contributed by atoms with Crippen molar-refractivity contribution in [3.8, 4) is 5.88 Å². The number of hydrogen-bond donors (Lipinski definition) is 0. The van der Waals surface area contributed by atoms with Gasteiger partial charge >= 0.3 is 0 Å². The Balaban J connectivity index is 1.62. The molecule has 3 rings (SSSR count). The molecule has 1 fully saturated rings. The minimum Gasteiger partial charge on any atom is -0.471 e. The third kappa shape index (κ3) is 3.67. The first-order valence-corrected chi connectivity index (χ1v) is 8.04. The fourth-order valence-electron chi connectivity index (χ4n) is 3.00. The number of hydrogen-bond acceptors (Lipinski definition) is 4. The van der Waals surface area contributed by atoms with Crippen LogP contribution in [-0.4, -0.2) is 40.0 Å². The lowest BCUT2D eigenvalue weighted by Crippen LogP contribution is -2.34. The van der Waals surface area contributed by atoms with E-state index in [0.717, 1.165) is 24.9 Å². The van der Waals surface area contributed by atoms with Gasteiger partial charge in [0.25, 0.3) is 0 Å². The van der Waals surface area contributed by atoms with Crippen LogP contribution in [0, 0.1) is 0 Å². The van der Waals surface area contributed by atoms with Crippen LogP contribution in [0.5, 0.6) is 5.88 Å². The zero-order chi connectivity index (χ0) is 16.1. The van der Waals surface area contributed by atoms with Gasteiger partial charge in [-0.2, -0.15) is 0 Å². The summed E-state index contributed by atoms with van der Waals surface area (Å²) in [5.41, 5.74) is 1.08. The summed E-state index contributed by atoms with van der Waals surface area (Å²) in [7, 11) is 0. The third-order valence-corrected chi connectivity index (χ3v) is 4.19. The molecule has 120 valence electrons. The Morgan fingerprint density at radius 2 is 2.17 bits per heavy atom. The van der Waals surface area contributed by atoms with Crippen molar-refractivity contribution < 1.29 is 9.53 Å². The van der Waals surface area contributed by atoms with Crippen LogP contribution in [0.4, 0.5) is 0 Å². The van der Waals surface area contributed by atoms with Crippen LogP contribution in [0.3, 0.4) is 0 Å². The number of carbonyl (C=O) groups excluding carboxylic acids is 1. The fraction of sp³-hybridized carbons (Fsp3) is 0.389. The van der Waals surface area contributed by atoms with Crippen molar-refractivity contribution in [3.63, 3.8) is 0 Å². The molecular weight excluding hydrogens is 290 g/mol. The van der Waals surface area contributed by atoms with E-state index in [4.69, 9.17) is 4.74 Å². The van der Waals surface area contributed by atoms with Crippen LogP contribution in [0.15, 0.2) is 48.9 Å². The Labute approximate surface area is 136 Å². The van der Waals surface area contributed by atoms with Crippen LogP contribution in [0.2, 0.25) is 0 Å². The van der Waals surface area contributed by atoms with Crippen molar-refractivity contribution in [3.05, 3.63) is 54.5 Å². The predicted octanol–water partition coefficient (Wildman–Crippen LogP) is 2.65. The maximum Gasteiger partial charge on any atom is 0.232 e. The van der Waals surface area contributed by atoms with Crippen molar-refractivity contribution >= 4 is 5.91 Å². The number of ether oxygens (including phenoxy) is 1. The summed E-state index contributed by atoms with van der Waals surface area (Å²) in [4.78, 5) is 22.8. The number of amides is 1. The molecule has 1 aromatic heterocycles. The number of aromatic nitrogens is 2. The standard InChI is InChI=1S/C18H21N3O2/c1-2-16(14-6-4-3-5-7-14)18(22)21-11-8-15(13-21)23-17-12-19-9-10-20-17/h3-7,9-10,12,15-16H,2,8,11,13H2,1H3. The molecule has 2 aromatic rings. The summed E-state index contributed by atoms with van der Waals surface area (Å²) >= 11 is 0. The van der Waals surface area contributed by atoms with E-state index >= 15 is 0 Å². The van der Waals surface area contributed by atoms with Crippen LogP contribution >= 0.6 is 0 Å². The molecule has 2 atom stereocenters. The van der Waals surface area contributed by atoms with Gasteiger partial charge in [0, 0.05) is 25.4 Å². The van der Waals surface area contributed by atoms with Crippen molar-refractivity contribution in [2.75, 3.05) is 13.1 Å². The van der Waals surface area contributed by atoms with Crippen molar-refractivity contribution in [2.24, 2.45) is 0 Å². The van der Waals surface area contributed by atoms with Crippen LogP contribution < -0.4 is 4.74 Å². The van der Waals surface area contributed by atoms with E-state index in [1.54, 1.807) is 18.6 Å². The zero-order valence-electron chi connectivity index (χ0n) is 13.3. The summed E-state index contributed by atoms with van der Waals surface area (Å²) in [6.45, 7) is 3.39. The third-order valence-electron chi connectivity index (χ3n) is 4.19. The highest BCUT2D eigenvalue weighted by Gasteiger charge is 2.31. The lowest BCUT2D eigenvalue weighted by atomic mass is 9.95. The molecule has 0 radical (unpaired) electrons. The summed E-state index contributed by atoms with van der Waals surface area (Å²) < 4.78 is 5.81. The number of likely N-dealkylation sites (tertiary alicyclic amines) is 1. The highest BCUT2D eigenvalue weighted by atomic mass is 16.5. The van der Waals surface area contributed by atoms with Crippen LogP contribution in [0.1, 0.15) is 31.2 Å². The molecule has 1 aliphatic rings. The SMILES string of the molecule is CCC(C(=O)N1CCC(Oc2cnccn2)C1)c1ccccc1. The molecule has 5 heteroatoms. The average molecular weight is 311 g/mol. The van der Waals surface area contributed by atoms with E-state index in [0.29, 0.717) is 12.4 Å². The lowest BCUT2D eigenvalue weighted by Gasteiger charge is -2.23. The van der Waals surface area contributed by atoms with Crippen LogP contribution in [-0.2, 0) is 4.79 Å². The quantitative estimate of drug-likeness (QED) is 0.852. The normalized spacial score (nSPS) is 18.7. The molecule has 23 heavy (non-hydrogen) atoms. The Morgan fingerprint density at radius 1 is 1.35 bits per heavy atom. The minimum absolute atomic E-state index is 0.0103. The predicted molar refractivity (Wildman–Crippen MR) is 87.1 cm³/mol. The molecule has 0 spiro atoms. The van der Waals surface area contributed by atoms with Gasteiger partial charge in [0.05, 0.1) is 18.7 Å². The number of benzene rings is 1. The highest BCUT2D eigenvalue weighted by molar-refractivity contribution is 5.84. The van der Waals surface area contributed by atoms with Crippen molar-refractivity contribution in [1.82, 2.24) is 14.9 Å². The molecule has 1 amide bonds. The van der Waals surface area contributed by atoms with Gasteiger partial charge in [-0.3, -0.25) is 9.78 Å². The van der Waals surface area contributed by atoms with E-state index in [1.807, 2.05) is 35.2 Å². The van der Waals surface area contributed by atoms with Gasteiger partial charge in [-0.25, -0.2) is 4.98 Å².